The van der Waals surface area contributed by atoms with E-state index >= 15 is 0 Å². The Morgan fingerprint density at radius 3 is 2.52 bits per heavy atom. The van der Waals surface area contributed by atoms with E-state index in [1.807, 2.05) is 42.1 Å². The molecule has 158 valence electrons. The van der Waals surface area contributed by atoms with Crippen LogP contribution in [0.5, 0.6) is 11.5 Å². The summed E-state index contributed by atoms with van der Waals surface area (Å²) in [5, 5.41) is 18.8. The third kappa shape index (κ3) is 4.26. The maximum absolute atomic E-state index is 11.9. The Morgan fingerprint density at radius 2 is 1.84 bits per heavy atom. The Balaban J connectivity index is 1.66. The fourth-order valence-corrected chi connectivity index (χ4v) is 3.82. The first kappa shape index (κ1) is 20.5. The molecule has 0 radical (unpaired) electrons. The Morgan fingerprint density at radius 1 is 1.13 bits per heavy atom. The van der Waals surface area contributed by atoms with Crippen molar-refractivity contribution in [2.75, 3.05) is 14.2 Å². The van der Waals surface area contributed by atoms with Crippen LogP contribution in [0.3, 0.4) is 0 Å². The summed E-state index contributed by atoms with van der Waals surface area (Å²) in [6.45, 7) is 0. The molecule has 0 spiro atoms. The number of fused-ring (bicyclic) bond motifs is 1. The third-order valence-electron chi connectivity index (χ3n) is 4.63. The molecule has 1 N–H and O–H groups in total. The second-order valence-electron chi connectivity index (χ2n) is 6.60. The van der Waals surface area contributed by atoms with Crippen LogP contribution in [0.2, 0.25) is 0 Å². The largest absolute Gasteiger partial charge is 0.497 e. The number of nitrogens with zero attached hydrogens (tertiary/aromatic N) is 3. The third-order valence-corrected chi connectivity index (χ3v) is 5.48. The number of carboxylic acids is 1. The highest BCUT2D eigenvalue weighted by molar-refractivity contribution is 8.03. The molecule has 0 amide bonds. The number of thioether (sulfide) groups is 1. The van der Waals surface area contributed by atoms with E-state index in [9.17, 15) is 9.90 Å². The van der Waals surface area contributed by atoms with Crippen LogP contribution < -0.4 is 9.47 Å². The molecule has 2 aromatic carbocycles. The molecule has 0 saturated carbocycles. The van der Waals surface area contributed by atoms with Gasteiger partial charge in [0.1, 0.15) is 16.4 Å². The first-order chi connectivity index (χ1) is 15.0. The molecule has 2 aromatic heterocycles. The number of rotatable bonds is 7. The van der Waals surface area contributed by atoms with Crippen LogP contribution in [0.4, 0.5) is 0 Å². The molecular weight excluding hydrogens is 418 g/mol. The van der Waals surface area contributed by atoms with Gasteiger partial charge in [0.2, 0.25) is 5.89 Å². The SMILES string of the molecule is COc1cc(OC)cc(-c2nnc(S/C(=C\c3cn(C)c4ccccc34)C(=O)O)o2)c1. The van der Waals surface area contributed by atoms with Crippen molar-refractivity contribution in [2.24, 2.45) is 7.05 Å². The Bertz CT molecular complexity index is 1270. The number of aryl methyl sites for hydroxylation is 1. The van der Waals surface area contributed by atoms with Gasteiger partial charge in [0.15, 0.2) is 0 Å². The topological polar surface area (TPSA) is 99.6 Å². The monoisotopic (exact) mass is 437 g/mol. The van der Waals surface area contributed by atoms with Crippen molar-refractivity contribution < 1.29 is 23.8 Å². The van der Waals surface area contributed by atoms with Crippen LogP contribution in [0, 0.1) is 0 Å². The van der Waals surface area contributed by atoms with Gasteiger partial charge in [0.25, 0.3) is 5.22 Å². The van der Waals surface area contributed by atoms with E-state index in [1.165, 1.54) is 0 Å². The van der Waals surface area contributed by atoms with Crippen molar-refractivity contribution in [1.29, 1.82) is 0 Å². The van der Waals surface area contributed by atoms with Crippen LogP contribution in [-0.2, 0) is 11.8 Å². The van der Waals surface area contributed by atoms with Gasteiger partial charge >= 0.3 is 5.97 Å². The van der Waals surface area contributed by atoms with E-state index in [0.29, 0.717) is 17.1 Å². The fraction of sp³-hybridized carbons (Fsp3) is 0.136. The molecule has 0 bridgehead atoms. The summed E-state index contributed by atoms with van der Waals surface area (Å²) < 4.78 is 18.2. The van der Waals surface area contributed by atoms with Crippen molar-refractivity contribution in [1.82, 2.24) is 14.8 Å². The van der Waals surface area contributed by atoms with Crippen LogP contribution in [0.1, 0.15) is 5.56 Å². The highest BCUT2D eigenvalue weighted by Gasteiger charge is 2.18. The van der Waals surface area contributed by atoms with Gasteiger partial charge in [0, 0.05) is 41.3 Å². The average Bonchev–Trinajstić information content (AvgIpc) is 3.38. The summed E-state index contributed by atoms with van der Waals surface area (Å²) in [5.74, 6) is 0.294. The summed E-state index contributed by atoms with van der Waals surface area (Å²) in [6, 6.07) is 13.0. The van der Waals surface area contributed by atoms with Crippen molar-refractivity contribution in [3.8, 4) is 23.0 Å². The van der Waals surface area contributed by atoms with Crippen LogP contribution >= 0.6 is 11.8 Å². The van der Waals surface area contributed by atoms with Crippen LogP contribution in [0.15, 0.2) is 63.2 Å². The highest BCUT2D eigenvalue weighted by Crippen LogP contribution is 2.34. The summed E-state index contributed by atoms with van der Waals surface area (Å²) in [6.07, 6.45) is 3.49. The molecule has 0 aliphatic carbocycles. The van der Waals surface area contributed by atoms with Gasteiger partial charge in [-0.2, -0.15) is 0 Å². The number of benzene rings is 2. The molecule has 0 aliphatic heterocycles. The molecule has 4 aromatic rings. The second kappa shape index (κ2) is 8.57. The van der Waals surface area contributed by atoms with Crippen molar-refractivity contribution in [3.63, 3.8) is 0 Å². The van der Waals surface area contributed by atoms with E-state index in [-0.39, 0.29) is 16.0 Å². The minimum Gasteiger partial charge on any atom is -0.497 e. The molecule has 8 nitrogen and oxygen atoms in total. The van der Waals surface area contributed by atoms with Crippen molar-refractivity contribution in [3.05, 3.63) is 59.1 Å². The molecule has 2 heterocycles. The maximum Gasteiger partial charge on any atom is 0.342 e. The lowest BCUT2D eigenvalue weighted by atomic mass is 10.1. The van der Waals surface area contributed by atoms with Crippen molar-refractivity contribution >= 4 is 34.7 Å². The summed E-state index contributed by atoms with van der Waals surface area (Å²) in [5.41, 5.74) is 2.40. The number of methoxy groups -OCH3 is 2. The molecule has 0 fully saturated rings. The van der Waals surface area contributed by atoms with Gasteiger partial charge in [-0.1, -0.05) is 18.2 Å². The number of hydrogen-bond donors (Lipinski definition) is 1. The van der Waals surface area contributed by atoms with Gasteiger partial charge in [-0.05, 0) is 36.0 Å². The number of ether oxygens (including phenoxy) is 2. The lowest BCUT2D eigenvalue weighted by Gasteiger charge is -2.05. The summed E-state index contributed by atoms with van der Waals surface area (Å²) in [7, 11) is 5.01. The first-order valence-electron chi connectivity index (χ1n) is 9.22. The van der Waals surface area contributed by atoms with Gasteiger partial charge in [-0.3, -0.25) is 0 Å². The Labute approximate surface area is 182 Å². The lowest BCUT2D eigenvalue weighted by molar-refractivity contribution is -0.131. The molecule has 0 saturated heterocycles. The van der Waals surface area contributed by atoms with Crippen LogP contribution in [-0.4, -0.2) is 40.1 Å². The zero-order valence-corrected chi connectivity index (χ0v) is 17.8. The molecule has 0 aliphatic rings. The lowest BCUT2D eigenvalue weighted by Crippen LogP contribution is -1.96. The number of hydrogen-bond acceptors (Lipinski definition) is 7. The summed E-state index contributed by atoms with van der Waals surface area (Å²) >= 11 is 0.894. The molecule has 4 rings (SSSR count). The minimum absolute atomic E-state index is 0.0646. The molecule has 9 heteroatoms. The number of aromatic nitrogens is 3. The standard InChI is InChI=1S/C22H19N3O5S/c1-25-12-14(17-6-4-5-7-18(17)25)10-19(21(26)27)31-22-24-23-20(30-22)13-8-15(28-2)11-16(9-13)29-3/h4-12H,1-3H3,(H,26,27)/b19-10-. The van der Waals surface area contributed by atoms with Crippen LogP contribution in [0.25, 0.3) is 28.4 Å². The maximum atomic E-state index is 11.9. The van der Waals surface area contributed by atoms with E-state index in [0.717, 1.165) is 28.2 Å². The second-order valence-corrected chi connectivity index (χ2v) is 7.60. The minimum atomic E-state index is -1.08. The predicted octanol–water partition coefficient (Wildman–Crippen LogP) is 4.46. The number of carboxylic acid groups (broad SMARTS) is 1. The smallest absolute Gasteiger partial charge is 0.342 e. The quantitative estimate of drug-likeness (QED) is 0.334. The zero-order valence-electron chi connectivity index (χ0n) is 17.0. The van der Waals surface area contributed by atoms with E-state index < -0.39 is 5.97 Å². The van der Waals surface area contributed by atoms with Gasteiger partial charge < -0.3 is 23.6 Å². The summed E-state index contributed by atoms with van der Waals surface area (Å²) in [4.78, 5) is 11.9. The van der Waals surface area contributed by atoms with E-state index in [1.54, 1.807) is 38.5 Å². The van der Waals surface area contributed by atoms with Gasteiger partial charge in [0.05, 0.1) is 14.2 Å². The first-order valence-corrected chi connectivity index (χ1v) is 10.0. The Kier molecular flexibility index (Phi) is 5.68. The molecule has 0 atom stereocenters. The molecule has 31 heavy (non-hydrogen) atoms. The molecule has 0 unspecified atom stereocenters. The van der Waals surface area contributed by atoms with E-state index in [4.69, 9.17) is 13.9 Å². The van der Waals surface area contributed by atoms with Gasteiger partial charge in [-0.25, -0.2) is 4.79 Å². The molecular formula is C22H19N3O5S. The van der Waals surface area contributed by atoms with E-state index in [2.05, 4.69) is 10.2 Å². The van der Waals surface area contributed by atoms with Crippen molar-refractivity contribution in [2.45, 2.75) is 5.22 Å². The average molecular weight is 437 g/mol. The normalized spacial score (nSPS) is 11.6. The highest BCUT2D eigenvalue weighted by atomic mass is 32.2. The number of para-hydroxylation sites is 1. The van der Waals surface area contributed by atoms with Gasteiger partial charge in [-0.15, -0.1) is 10.2 Å². The predicted molar refractivity (Wildman–Crippen MR) is 117 cm³/mol. The fourth-order valence-electron chi connectivity index (χ4n) is 3.16. The zero-order chi connectivity index (χ0) is 22.0. The Hall–Kier alpha value is -3.72. The number of aliphatic carboxylic acids is 1. The number of carbonyl (C=O) groups is 1.